The average Bonchev–Trinajstić information content (AvgIpc) is 2.88. The lowest BCUT2D eigenvalue weighted by molar-refractivity contribution is 0.223. The second-order valence-corrected chi connectivity index (χ2v) is 8.91. The number of benzene rings is 2. The fourth-order valence-corrected chi connectivity index (χ4v) is 4.60. The van der Waals surface area contributed by atoms with Gasteiger partial charge in [0.25, 0.3) is 0 Å². The molecule has 1 fully saturated rings. The number of rotatable bonds is 3. The summed E-state index contributed by atoms with van der Waals surface area (Å²) < 4.78 is 0. The molecule has 5 rings (SSSR count). The van der Waals surface area contributed by atoms with E-state index in [9.17, 15) is 5.26 Å². The molecule has 2 aromatic carbocycles. The fourth-order valence-electron chi connectivity index (χ4n) is 4.60. The monoisotopic (exact) mass is 465 g/mol. The van der Waals surface area contributed by atoms with Gasteiger partial charge in [-0.25, -0.2) is 4.98 Å². The van der Waals surface area contributed by atoms with Crippen LogP contribution in [0.15, 0.2) is 65.8 Å². The number of hydrogen-bond donors (Lipinski definition) is 2. The summed E-state index contributed by atoms with van der Waals surface area (Å²) in [5, 5.41) is 14.7. The number of hydrogen-bond acceptors (Lipinski definition) is 7. The Hall–Kier alpha value is -4.45. The number of aliphatic imine (C=N–C) groups is 1. The van der Waals surface area contributed by atoms with Gasteiger partial charge in [0.2, 0.25) is 18.1 Å². The van der Waals surface area contributed by atoms with E-state index in [1.54, 1.807) is 6.20 Å². The molecule has 9 nitrogen and oxygen atoms in total. The number of nitrogens with one attached hydrogen (secondary N) is 1. The third-order valence-corrected chi connectivity index (χ3v) is 6.41. The standard InChI is InChI=1S/C26H27N9/c1-17(2)23-15-34(26-32-22-9-4-3-7-19(22)24(28)33-26)13-14-35(23)25(30-16-27)31-21-11-5-10-20-18(21)8-6-12-29-20/h3-12,17,23H,13-15H2,1-2H3,(H,30,31)(H2,28,32,33). The summed E-state index contributed by atoms with van der Waals surface area (Å²) in [6.45, 7) is 6.34. The molecule has 9 heteroatoms. The van der Waals surface area contributed by atoms with Crippen LogP contribution in [0.5, 0.6) is 0 Å². The van der Waals surface area contributed by atoms with Gasteiger partial charge in [-0.2, -0.15) is 10.2 Å². The van der Waals surface area contributed by atoms with Gasteiger partial charge in [-0.05, 0) is 42.3 Å². The first-order chi connectivity index (χ1) is 17.0. The molecule has 176 valence electrons. The third-order valence-electron chi connectivity index (χ3n) is 6.41. The van der Waals surface area contributed by atoms with Crippen LogP contribution in [-0.2, 0) is 0 Å². The van der Waals surface area contributed by atoms with Crippen molar-refractivity contribution in [1.82, 2.24) is 19.9 Å². The van der Waals surface area contributed by atoms with Crippen molar-refractivity contribution in [2.45, 2.75) is 19.9 Å². The molecular formula is C26H27N9. The fraction of sp³-hybridized carbons (Fsp3) is 0.269. The normalized spacial score (nSPS) is 16.6. The Morgan fingerprint density at radius 3 is 2.69 bits per heavy atom. The molecule has 1 saturated heterocycles. The van der Waals surface area contributed by atoms with Crippen LogP contribution in [0, 0.1) is 17.4 Å². The van der Waals surface area contributed by atoms with Crippen molar-refractivity contribution in [3.63, 3.8) is 0 Å². The summed E-state index contributed by atoms with van der Waals surface area (Å²) in [5.41, 5.74) is 8.82. The van der Waals surface area contributed by atoms with Gasteiger partial charge in [0.1, 0.15) is 5.82 Å². The number of anilines is 3. The molecule has 1 unspecified atom stereocenters. The van der Waals surface area contributed by atoms with Gasteiger partial charge in [-0.15, -0.1) is 4.99 Å². The number of para-hydroxylation sites is 1. The summed E-state index contributed by atoms with van der Waals surface area (Å²) in [7, 11) is 0. The molecule has 1 aliphatic heterocycles. The second-order valence-electron chi connectivity index (χ2n) is 8.91. The molecule has 0 spiro atoms. The van der Waals surface area contributed by atoms with E-state index in [1.807, 2.05) is 60.8 Å². The van der Waals surface area contributed by atoms with Crippen LogP contribution in [0.25, 0.3) is 21.8 Å². The first kappa shape index (κ1) is 22.3. The summed E-state index contributed by atoms with van der Waals surface area (Å²) in [6.07, 6.45) is 3.75. The van der Waals surface area contributed by atoms with Gasteiger partial charge in [0.15, 0.2) is 0 Å². The third kappa shape index (κ3) is 4.38. The van der Waals surface area contributed by atoms with Gasteiger partial charge in [0.05, 0.1) is 22.8 Å². The minimum atomic E-state index is 0.0766. The predicted molar refractivity (Wildman–Crippen MR) is 140 cm³/mol. The zero-order chi connectivity index (χ0) is 24.4. The Balaban J connectivity index is 1.44. The molecule has 1 aliphatic rings. The molecule has 0 saturated carbocycles. The number of guanidine groups is 1. The number of nitrogen functional groups attached to an aromatic ring is 1. The maximum Gasteiger partial charge on any atom is 0.228 e. The highest BCUT2D eigenvalue weighted by Gasteiger charge is 2.33. The Morgan fingerprint density at radius 2 is 1.86 bits per heavy atom. The Morgan fingerprint density at radius 1 is 1.06 bits per heavy atom. The molecule has 1 atom stereocenters. The lowest BCUT2D eigenvalue weighted by atomic mass is 10.00. The molecule has 35 heavy (non-hydrogen) atoms. The van der Waals surface area contributed by atoms with E-state index < -0.39 is 0 Å². The molecule has 3 heterocycles. The van der Waals surface area contributed by atoms with Gasteiger partial charge >= 0.3 is 0 Å². The van der Waals surface area contributed by atoms with E-state index in [0.717, 1.165) is 27.5 Å². The van der Waals surface area contributed by atoms with Crippen LogP contribution in [0.3, 0.4) is 0 Å². The number of pyridine rings is 1. The molecule has 0 radical (unpaired) electrons. The summed E-state index contributed by atoms with van der Waals surface area (Å²) >= 11 is 0. The SMILES string of the molecule is CC(C)C1CN(c2nc(N)c3ccccc3n2)CCN1/C(=N\C#N)Nc1cccc2ncccc12. The summed E-state index contributed by atoms with van der Waals surface area (Å²) in [6, 6.07) is 17.6. The van der Waals surface area contributed by atoms with Gasteiger partial charge in [0, 0.05) is 36.6 Å². The smallest absolute Gasteiger partial charge is 0.228 e. The number of nitrogens with two attached hydrogens (primary N) is 1. The lowest BCUT2D eigenvalue weighted by Crippen LogP contribution is -2.59. The molecule has 2 aromatic heterocycles. The van der Waals surface area contributed by atoms with Crippen LogP contribution in [0.1, 0.15) is 13.8 Å². The maximum absolute atomic E-state index is 9.48. The maximum atomic E-state index is 9.48. The van der Waals surface area contributed by atoms with Gasteiger partial charge in [-0.3, -0.25) is 4.98 Å². The van der Waals surface area contributed by atoms with Crippen molar-refractivity contribution >= 4 is 45.2 Å². The first-order valence-electron chi connectivity index (χ1n) is 11.7. The topological polar surface area (TPSA) is 119 Å². The quantitative estimate of drug-likeness (QED) is 0.266. The average molecular weight is 466 g/mol. The summed E-state index contributed by atoms with van der Waals surface area (Å²) in [5.74, 6) is 1.92. The Bertz CT molecular complexity index is 1430. The number of fused-ring (bicyclic) bond motifs is 2. The van der Waals surface area contributed by atoms with E-state index in [2.05, 4.69) is 43.9 Å². The Labute approximate surface area is 203 Å². The van der Waals surface area contributed by atoms with E-state index in [1.165, 1.54) is 0 Å². The van der Waals surface area contributed by atoms with Crippen molar-refractivity contribution in [1.29, 1.82) is 5.26 Å². The van der Waals surface area contributed by atoms with Crippen LogP contribution in [-0.4, -0.2) is 51.5 Å². The Kier molecular flexibility index (Phi) is 6.02. The zero-order valence-electron chi connectivity index (χ0n) is 19.8. The number of aromatic nitrogens is 3. The first-order valence-corrected chi connectivity index (χ1v) is 11.7. The van der Waals surface area contributed by atoms with E-state index in [0.29, 0.717) is 37.4 Å². The predicted octanol–water partition coefficient (Wildman–Crippen LogP) is 3.86. The minimum absolute atomic E-state index is 0.0766. The highest BCUT2D eigenvalue weighted by atomic mass is 15.4. The highest BCUT2D eigenvalue weighted by Crippen LogP contribution is 2.27. The van der Waals surface area contributed by atoms with Crippen LogP contribution < -0.4 is 16.0 Å². The highest BCUT2D eigenvalue weighted by molar-refractivity contribution is 6.02. The van der Waals surface area contributed by atoms with Gasteiger partial charge < -0.3 is 20.9 Å². The lowest BCUT2D eigenvalue weighted by Gasteiger charge is -2.44. The zero-order valence-corrected chi connectivity index (χ0v) is 19.8. The van der Waals surface area contributed by atoms with Crippen molar-refractivity contribution in [2.24, 2.45) is 10.9 Å². The summed E-state index contributed by atoms with van der Waals surface area (Å²) in [4.78, 5) is 22.3. The van der Waals surface area contributed by atoms with E-state index in [4.69, 9.17) is 10.7 Å². The molecule has 0 aliphatic carbocycles. The van der Waals surface area contributed by atoms with Crippen LogP contribution in [0.2, 0.25) is 0 Å². The largest absolute Gasteiger partial charge is 0.383 e. The molecule has 4 aromatic rings. The van der Waals surface area contributed by atoms with Crippen molar-refractivity contribution in [3.05, 3.63) is 60.8 Å². The van der Waals surface area contributed by atoms with E-state index in [-0.39, 0.29) is 12.0 Å². The number of nitrogens with zero attached hydrogens (tertiary/aromatic N) is 7. The van der Waals surface area contributed by atoms with Crippen LogP contribution in [0.4, 0.5) is 17.5 Å². The molecule has 0 amide bonds. The van der Waals surface area contributed by atoms with Crippen molar-refractivity contribution < 1.29 is 0 Å². The number of piperazine rings is 1. The van der Waals surface area contributed by atoms with Crippen LogP contribution >= 0.6 is 0 Å². The molecule has 0 bridgehead atoms. The van der Waals surface area contributed by atoms with Crippen molar-refractivity contribution in [2.75, 3.05) is 35.6 Å². The number of nitriles is 1. The molecular weight excluding hydrogens is 438 g/mol. The van der Waals surface area contributed by atoms with Gasteiger partial charge in [-0.1, -0.05) is 32.0 Å². The molecule has 3 N–H and O–H groups in total. The minimum Gasteiger partial charge on any atom is -0.383 e. The van der Waals surface area contributed by atoms with E-state index >= 15 is 0 Å². The second kappa shape index (κ2) is 9.43. The van der Waals surface area contributed by atoms with Crippen molar-refractivity contribution in [3.8, 4) is 6.19 Å².